The number of carbonyl (C=O) groups excluding carboxylic acids is 1. The van der Waals surface area contributed by atoms with Crippen molar-refractivity contribution in [2.75, 3.05) is 11.9 Å². The molecule has 2 N–H and O–H groups in total. The fraction of sp³-hybridized carbons (Fsp3) is 0.333. The number of anilines is 1. The number of hydrogen-bond donors (Lipinski definition) is 2. The van der Waals surface area contributed by atoms with E-state index in [2.05, 4.69) is 10.6 Å². The molecule has 0 aliphatic heterocycles. The van der Waals surface area contributed by atoms with Crippen molar-refractivity contribution in [3.05, 3.63) is 28.8 Å². The van der Waals surface area contributed by atoms with Crippen LogP contribution in [-0.4, -0.2) is 18.5 Å². The number of likely N-dealkylation sites (N-methyl/N-ethyl adjacent to an activating group) is 1. The van der Waals surface area contributed by atoms with E-state index in [1.54, 1.807) is 25.1 Å². The van der Waals surface area contributed by atoms with Crippen LogP contribution in [0.3, 0.4) is 0 Å². The maximum atomic E-state index is 11.5. The van der Waals surface area contributed by atoms with E-state index >= 15 is 0 Å². The van der Waals surface area contributed by atoms with Crippen LogP contribution in [-0.2, 0) is 4.79 Å². The molecule has 0 saturated heterocycles. The first-order chi connectivity index (χ1) is 8.08. The van der Waals surface area contributed by atoms with Gasteiger partial charge >= 0.3 is 0 Å². The van der Waals surface area contributed by atoms with Crippen LogP contribution in [0.25, 0.3) is 0 Å². The summed E-state index contributed by atoms with van der Waals surface area (Å²) in [5.41, 5.74) is 1.09. The predicted molar refractivity (Wildman–Crippen MR) is 67.9 cm³/mol. The van der Waals surface area contributed by atoms with Crippen LogP contribution in [0.4, 0.5) is 5.69 Å². The highest BCUT2D eigenvalue weighted by molar-refractivity contribution is 6.33. The van der Waals surface area contributed by atoms with Crippen LogP contribution in [0.15, 0.2) is 18.2 Å². The Morgan fingerprint density at radius 3 is 2.88 bits per heavy atom. The van der Waals surface area contributed by atoms with Gasteiger partial charge in [-0.25, -0.2) is 0 Å². The third-order valence-electron chi connectivity index (χ3n) is 2.21. The maximum absolute atomic E-state index is 11.5. The lowest BCUT2D eigenvalue weighted by atomic mass is 10.2. The van der Waals surface area contributed by atoms with Gasteiger partial charge in [0.05, 0.1) is 22.3 Å². The second-order valence-corrected chi connectivity index (χ2v) is 3.97. The Labute approximate surface area is 106 Å². The Morgan fingerprint density at radius 1 is 1.59 bits per heavy atom. The van der Waals surface area contributed by atoms with E-state index in [4.69, 9.17) is 16.9 Å². The lowest BCUT2D eigenvalue weighted by Gasteiger charge is -2.15. The molecule has 0 heterocycles. The van der Waals surface area contributed by atoms with Crippen LogP contribution < -0.4 is 10.6 Å². The normalized spacial score (nSPS) is 11.4. The van der Waals surface area contributed by atoms with Crippen LogP contribution in [0.5, 0.6) is 0 Å². The molecule has 1 atom stereocenters. The molecule has 1 unspecified atom stereocenters. The smallest absolute Gasteiger partial charge is 0.242 e. The molecule has 4 nitrogen and oxygen atoms in total. The minimum absolute atomic E-state index is 0.106. The SMILES string of the molecule is CCNC(=O)C(C)Nc1cc(C#N)ccc1Cl. The van der Waals surface area contributed by atoms with Crippen molar-refractivity contribution in [2.45, 2.75) is 19.9 Å². The Morgan fingerprint density at radius 2 is 2.29 bits per heavy atom. The molecule has 90 valence electrons. The Bertz CT molecular complexity index is 454. The van der Waals surface area contributed by atoms with Gasteiger partial charge < -0.3 is 10.6 Å². The zero-order chi connectivity index (χ0) is 12.8. The summed E-state index contributed by atoms with van der Waals surface area (Å²) in [6, 6.07) is 6.51. The highest BCUT2D eigenvalue weighted by Gasteiger charge is 2.13. The van der Waals surface area contributed by atoms with Gasteiger partial charge in [-0.3, -0.25) is 4.79 Å². The molecule has 0 bridgehead atoms. The van der Waals surface area contributed by atoms with Gasteiger partial charge in [-0.15, -0.1) is 0 Å². The van der Waals surface area contributed by atoms with Crippen LogP contribution in [0.2, 0.25) is 5.02 Å². The molecule has 1 rings (SSSR count). The molecule has 0 fully saturated rings. The Hall–Kier alpha value is -1.73. The number of carbonyl (C=O) groups is 1. The molecule has 1 aromatic carbocycles. The monoisotopic (exact) mass is 251 g/mol. The van der Waals surface area contributed by atoms with Crippen LogP contribution in [0.1, 0.15) is 19.4 Å². The first kappa shape index (κ1) is 13.3. The average molecular weight is 252 g/mol. The van der Waals surface area contributed by atoms with Crippen molar-refractivity contribution in [3.8, 4) is 6.07 Å². The van der Waals surface area contributed by atoms with E-state index in [0.29, 0.717) is 22.8 Å². The Balaban J connectivity index is 2.81. The first-order valence-electron chi connectivity index (χ1n) is 5.32. The fourth-order valence-corrected chi connectivity index (χ4v) is 1.50. The van der Waals surface area contributed by atoms with E-state index in [-0.39, 0.29) is 5.91 Å². The largest absolute Gasteiger partial charge is 0.373 e. The molecule has 0 aliphatic rings. The molecule has 0 aliphatic carbocycles. The van der Waals surface area contributed by atoms with E-state index < -0.39 is 6.04 Å². The highest BCUT2D eigenvalue weighted by Crippen LogP contribution is 2.23. The number of halogens is 1. The lowest BCUT2D eigenvalue weighted by Crippen LogP contribution is -2.37. The molecule has 5 heteroatoms. The fourth-order valence-electron chi connectivity index (χ4n) is 1.33. The number of rotatable bonds is 4. The third kappa shape index (κ3) is 3.65. The number of hydrogen-bond acceptors (Lipinski definition) is 3. The second-order valence-electron chi connectivity index (χ2n) is 3.57. The van der Waals surface area contributed by atoms with Crippen LogP contribution in [0, 0.1) is 11.3 Å². The van der Waals surface area contributed by atoms with Crippen LogP contribution >= 0.6 is 11.6 Å². The third-order valence-corrected chi connectivity index (χ3v) is 2.54. The maximum Gasteiger partial charge on any atom is 0.242 e. The van der Waals surface area contributed by atoms with Gasteiger partial charge in [0.15, 0.2) is 0 Å². The molecule has 1 amide bonds. The van der Waals surface area contributed by atoms with Gasteiger partial charge in [0.25, 0.3) is 0 Å². The van der Waals surface area contributed by atoms with Crippen molar-refractivity contribution in [2.24, 2.45) is 0 Å². The summed E-state index contributed by atoms with van der Waals surface area (Å²) in [6.45, 7) is 4.17. The molecule has 0 aromatic heterocycles. The topological polar surface area (TPSA) is 64.9 Å². The summed E-state index contributed by atoms with van der Waals surface area (Å²) in [5, 5.41) is 14.9. The minimum Gasteiger partial charge on any atom is -0.373 e. The molecular weight excluding hydrogens is 238 g/mol. The van der Waals surface area contributed by atoms with E-state index in [9.17, 15) is 4.79 Å². The molecule has 1 aromatic rings. The summed E-state index contributed by atoms with van der Waals surface area (Å²) < 4.78 is 0. The number of nitrogens with zero attached hydrogens (tertiary/aromatic N) is 1. The average Bonchev–Trinajstić information content (AvgIpc) is 2.32. The zero-order valence-electron chi connectivity index (χ0n) is 9.75. The summed E-state index contributed by atoms with van der Waals surface area (Å²) >= 11 is 5.98. The van der Waals surface area contributed by atoms with Crippen molar-refractivity contribution in [3.63, 3.8) is 0 Å². The summed E-state index contributed by atoms with van der Waals surface area (Å²) in [6.07, 6.45) is 0. The highest BCUT2D eigenvalue weighted by atomic mass is 35.5. The number of nitriles is 1. The van der Waals surface area contributed by atoms with Gasteiger partial charge in [-0.2, -0.15) is 5.26 Å². The van der Waals surface area contributed by atoms with Crippen molar-refractivity contribution in [1.29, 1.82) is 5.26 Å². The Kier molecular flexibility index (Phi) is 4.80. The quantitative estimate of drug-likeness (QED) is 0.862. The summed E-state index contributed by atoms with van der Waals surface area (Å²) in [5.74, 6) is -0.106. The molecule has 17 heavy (non-hydrogen) atoms. The summed E-state index contributed by atoms with van der Waals surface area (Å²) in [7, 11) is 0. The standard InChI is InChI=1S/C12H14ClN3O/c1-3-15-12(17)8(2)16-11-6-9(7-14)4-5-10(11)13/h4-6,8,16H,3H2,1-2H3,(H,15,17). The molecule has 0 saturated carbocycles. The number of nitrogens with one attached hydrogen (secondary N) is 2. The summed E-state index contributed by atoms with van der Waals surface area (Å²) in [4.78, 5) is 11.5. The molecular formula is C12H14ClN3O. The van der Waals surface area contributed by atoms with E-state index in [1.807, 2.05) is 13.0 Å². The van der Waals surface area contributed by atoms with Crippen molar-refractivity contribution >= 4 is 23.2 Å². The number of benzene rings is 1. The molecule has 0 radical (unpaired) electrons. The van der Waals surface area contributed by atoms with E-state index in [1.165, 1.54) is 0 Å². The van der Waals surface area contributed by atoms with Crippen molar-refractivity contribution in [1.82, 2.24) is 5.32 Å². The van der Waals surface area contributed by atoms with Gasteiger partial charge in [-0.05, 0) is 32.0 Å². The predicted octanol–water partition coefficient (Wildman–Crippen LogP) is 2.15. The van der Waals surface area contributed by atoms with Gasteiger partial charge in [-0.1, -0.05) is 11.6 Å². The van der Waals surface area contributed by atoms with Gasteiger partial charge in [0.1, 0.15) is 6.04 Å². The molecule has 0 spiro atoms. The minimum atomic E-state index is -0.401. The van der Waals surface area contributed by atoms with Gasteiger partial charge in [0.2, 0.25) is 5.91 Å². The number of amides is 1. The zero-order valence-corrected chi connectivity index (χ0v) is 10.5. The van der Waals surface area contributed by atoms with E-state index in [0.717, 1.165) is 0 Å². The van der Waals surface area contributed by atoms with Crippen molar-refractivity contribution < 1.29 is 4.79 Å². The lowest BCUT2D eigenvalue weighted by molar-refractivity contribution is -0.121. The second kappa shape index (κ2) is 6.12. The van der Waals surface area contributed by atoms with Gasteiger partial charge in [0, 0.05) is 6.54 Å². The first-order valence-corrected chi connectivity index (χ1v) is 5.70.